The fourth-order valence-electron chi connectivity index (χ4n) is 9.88. The second-order valence-corrected chi connectivity index (χ2v) is 13.1. The minimum atomic E-state index is 0.587. The molecule has 11 rings (SSSR count). The van der Waals surface area contributed by atoms with Crippen molar-refractivity contribution in [2.75, 3.05) is 0 Å². The van der Waals surface area contributed by atoms with Crippen molar-refractivity contribution in [1.29, 1.82) is 0 Å². The summed E-state index contributed by atoms with van der Waals surface area (Å²) in [4.78, 5) is 0. The highest BCUT2D eigenvalue weighted by atomic mass is 79.9. The van der Waals surface area contributed by atoms with Gasteiger partial charge in [-0.05, 0) is 153 Å². The van der Waals surface area contributed by atoms with E-state index in [1.165, 1.54) is 81.5 Å². The molecule has 1 aromatic carbocycles. The van der Waals surface area contributed by atoms with Gasteiger partial charge in [0.1, 0.15) is 0 Å². The maximum absolute atomic E-state index is 3.85. The van der Waals surface area contributed by atoms with Gasteiger partial charge in [0.15, 0.2) is 0 Å². The zero-order valence-electron chi connectivity index (χ0n) is 19.2. The van der Waals surface area contributed by atoms with Gasteiger partial charge in [-0.2, -0.15) is 0 Å². The lowest BCUT2D eigenvalue weighted by Gasteiger charge is -2.48. The van der Waals surface area contributed by atoms with Crippen LogP contribution in [0.5, 0.6) is 0 Å². The highest BCUT2D eigenvalue weighted by molar-refractivity contribution is 9.10. The zero-order chi connectivity index (χ0) is 21.0. The summed E-state index contributed by atoms with van der Waals surface area (Å²) in [5, 5.41) is 0. The molecule has 0 heterocycles. The van der Waals surface area contributed by atoms with Gasteiger partial charge in [0, 0.05) is 10.4 Å². The summed E-state index contributed by atoms with van der Waals surface area (Å²) in [7, 11) is 0. The van der Waals surface area contributed by atoms with Crippen molar-refractivity contribution >= 4 is 15.9 Å². The van der Waals surface area contributed by atoms with Crippen LogP contribution in [0.15, 0.2) is 62.2 Å². The summed E-state index contributed by atoms with van der Waals surface area (Å²) < 4.78 is 1.27. The van der Waals surface area contributed by atoms with Gasteiger partial charge in [0.05, 0.1) is 0 Å². The third-order valence-electron chi connectivity index (χ3n) is 11.0. The Labute approximate surface area is 201 Å². The van der Waals surface area contributed by atoms with Gasteiger partial charge in [-0.25, -0.2) is 0 Å². The Morgan fingerprint density at radius 1 is 0.500 bits per heavy atom. The fourth-order valence-corrected chi connectivity index (χ4v) is 10.3. The van der Waals surface area contributed by atoms with Crippen molar-refractivity contribution < 1.29 is 0 Å². The number of rotatable bonds is 1. The average Bonchev–Trinajstić information content (AvgIpc) is 3.03. The molecule has 6 bridgehead atoms. The summed E-state index contributed by atoms with van der Waals surface area (Å²) in [6, 6.07) is 9.51. The number of halogens is 1. The molecule has 0 radical (unpaired) electrons. The van der Waals surface area contributed by atoms with Gasteiger partial charge in [-0.1, -0.05) is 39.2 Å². The summed E-state index contributed by atoms with van der Waals surface area (Å²) >= 11 is 3.85. The van der Waals surface area contributed by atoms with E-state index in [2.05, 4.69) is 40.2 Å². The van der Waals surface area contributed by atoms with E-state index in [-0.39, 0.29) is 0 Å². The maximum atomic E-state index is 3.85. The van der Waals surface area contributed by atoms with Crippen LogP contribution < -0.4 is 0 Å². The topological polar surface area (TPSA) is 0 Å². The minimum absolute atomic E-state index is 0.587. The van der Waals surface area contributed by atoms with Gasteiger partial charge >= 0.3 is 0 Å². The van der Waals surface area contributed by atoms with Gasteiger partial charge in [0.2, 0.25) is 0 Å². The van der Waals surface area contributed by atoms with Crippen molar-refractivity contribution in [2.45, 2.75) is 83.0 Å². The standard InChI is InChI=1S/C31H35Br/c32-24-3-1-2-23(16-24)31-29-21-12-8-19(9-13-21)27(29)25-17-4-5-18(7-6-17)26(25)28-20-10-14-22(15-11-20)30(28)31/h1-3,16-22,31H,4-15H2. The quantitative estimate of drug-likeness (QED) is 0.371. The number of allylic oxidation sites excluding steroid dienone is 6. The number of hydrogen-bond acceptors (Lipinski definition) is 0. The predicted molar refractivity (Wildman–Crippen MR) is 134 cm³/mol. The second-order valence-electron chi connectivity index (χ2n) is 12.2. The van der Waals surface area contributed by atoms with Crippen LogP contribution in [-0.2, 0) is 0 Å². The van der Waals surface area contributed by atoms with E-state index in [1.54, 1.807) is 5.56 Å². The van der Waals surface area contributed by atoms with Crippen molar-refractivity contribution in [3.8, 4) is 0 Å². The highest BCUT2D eigenvalue weighted by Gasteiger charge is 2.52. The molecule has 1 aromatic rings. The monoisotopic (exact) mass is 486 g/mol. The average molecular weight is 488 g/mol. The Kier molecular flexibility index (Phi) is 4.19. The molecule has 0 aliphatic heterocycles. The third kappa shape index (κ3) is 2.50. The van der Waals surface area contributed by atoms with E-state index in [0.717, 1.165) is 35.5 Å². The van der Waals surface area contributed by atoms with Crippen LogP contribution in [-0.4, -0.2) is 0 Å². The molecule has 0 nitrogen and oxygen atoms in total. The Bertz CT molecular complexity index is 1010. The Morgan fingerprint density at radius 2 is 0.906 bits per heavy atom. The van der Waals surface area contributed by atoms with Gasteiger partial charge in [-0.15, -0.1) is 0 Å². The van der Waals surface area contributed by atoms with Crippen LogP contribution in [0.2, 0.25) is 0 Å². The predicted octanol–water partition coefficient (Wildman–Crippen LogP) is 8.90. The van der Waals surface area contributed by atoms with E-state index in [9.17, 15) is 0 Å². The normalized spacial score (nSPS) is 41.6. The Hall–Kier alpha value is -1.08. The molecule has 0 unspecified atom stereocenters. The first-order valence-electron chi connectivity index (χ1n) is 13.8. The molecule has 0 atom stereocenters. The molecule has 32 heavy (non-hydrogen) atoms. The highest BCUT2D eigenvalue weighted by Crippen LogP contribution is 2.66. The summed E-state index contributed by atoms with van der Waals surface area (Å²) in [6.45, 7) is 0. The van der Waals surface area contributed by atoms with E-state index in [1.807, 2.05) is 33.4 Å². The van der Waals surface area contributed by atoms with Crippen LogP contribution in [0.1, 0.15) is 88.5 Å². The molecule has 0 saturated heterocycles. The second kappa shape index (κ2) is 6.97. The molecule has 10 aliphatic carbocycles. The lowest BCUT2D eigenvalue weighted by atomic mass is 9.56. The molecule has 0 spiro atoms. The minimum Gasteiger partial charge on any atom is -0.0608 e. The molecule has 3 fully saturated rings. The number of fused-ring (bicyclic) bond motifs is 6. The van der Waals surface area contributed by atoms with Gasteiger partial charge < -0.3 is 0 Å². The molecular weight excluding hydrogens is 452 g/mol. The van der Waals surface area contributed by atoms with Crippen molar-refractivity contribution in [3.05, 3.63) is 67.7 Å². The molecule has 1 heteroatoms. The number of hydrogen-bond donors (Lipinski definition) is 0. The Balaban J connectivity index is 1.49. The van der Waals surface area contributed by atoms with Gasteiger partial charge in [-0.3, -0.25) is 0 Å². The van der Waals surface area contributed by atoms with Gasteiger partial charge in [0.25, 0.3) is 0 Å². The first kappa shape index (κ1) is 19.2. The molecule has 0 amide bonds. The number of benzene rings is 1. The summed E-state index contributed by atoms with van der Waals surface area (Å²) in [5.41, 5.74) is 13.3. The first-order valence-corrected chi connectivity index (χ1v) is 14.6. The molecule has 10 aliphatic rings. The van der Waals surface area contributed by atoms with E-state index >= 15 is 0 Å². The summed E-state index contributed by atoms with van der Waals surface area (Å²) in [6.07, 6.45) is 17.7. The van der Waals surface area contributed by atoms with Crippen LogP contribution in [0.3, 0.4) is 0 Å². The smallest absolute Gasteiger partial charge is 0.0275 e. The fraction of sp³-hybridized carbons (Fsp3) is 0.613. The van der Waals surface area contributed by atoms with Crippen LogP contribution >= 0.6 is 15.9 Å². The molecule has 0 aromatic heterocycles. The van der Waals surface area contributed by atoms with E-state index in [4.69, 9.17) is 0 Å². The molecule has 0 N–H and O–H groups in total. The Morgan fingerprint density at radius 3 is 1.34 bits per heavy atom. The van der Waals surface area contributed by atoms with E-state index < -0.39 is 0 Å². The largest absolute Gasteiger partial charge is 0.0608 e. The zero-order valence-corrected chi connectivity index (χ0v) is 20.8. The lowest BCUT2D eigenvalue weighted by Crippen LogP contribution is -2.35. The van der Waals surface area contributed by atoms with Crippen molar-refractivity contribution in [2.24, 2.45) is 35.5 Å². The van der Waals surface area contributed by atoms with Crippen LogP contribution in [0, 0.1) is 35.5 Å². The van der Waals surface area contributed by atoms with Crippen molar-refractivity contribution in [1.82, 2.24) is 0 Å². The lowest BCUT2D eigenvalue weighted by molar-refractivity contribution is 0.260. The first-order chi connectivity index (χ1) is 15.8. The molecule has 3 saturated carbocycles. The third-order valence-corrected chi connectivity index (χ3v) is 11.5. The maximum Gasteiger partial charge on any atom is 0.0275 e. The van der Waals surface area contributed by atoms with Crippen molar-refractivity contribution in [3.63, 3.8) is 0 Å². The van der Waals surface area contributed by atoms with E-state index in [0.29, 0.717) is 5.92 Å². The summed E-state index contributed by atoms with van der Waals surface area (Å²) in [5.74, 6) is 5.79. The van der Waals surface area contributed by atoms with Crippen LogP contribution in [0.25, 0.3) is 0 Å². The molecular formula is C31H35Br. The SMILES string of the molecule is Brc1cccc(C2C3=C(C4=C(C5=C2C2CCC5CC2)C2CCC4CC2)C2CCC3CC2)c1. The molecule has 166 valence electrons. The van der Waals surface area contributed by atoms with Crippen LogP contribution in [0.4, 0.5) is 0 Å².